The summed E-state index contributed by atoms with van der Waals surface area (Å²) >= 11 is 0. The molecule has 0 aromatic heterocycles. The third-order valence-electron chi connectivity index (χ3n) is 4.56. The Labute approximate surface area is 105 Å². The highest BCUT2D eigenvalue weighted by molar-refractivity contribution is 4.90. The molecule has 17 heavy (non-hydrogen) atoms. The van der Waals surface area contributed by atoms with Gasteiger partial charge in [-0.1, -0.05) is 19.8 Å². The Hall–Kier alpha value is -0.120. The standard InChI is InChI=1S/C14H27NO2/c1-12-3-2-4-13(9-12)10-15-14(11-16)5-7-17-8-6-14/h12-13,15-16H,2-11H2,1H3. The van der Waals surface area contributed by atoms with Crippen molar-refractivity contribution in [2.75, 3.05) is 26.4 Å². The van der Waals surface area contributed by atoms with Gasteiger partial charge in [-0.15, -0.1) is 0 Å². The lowest BCUT2D eigenvalue weighted by Gasteiger charge is -2.38. The molecule has 0 spiro atoms. The lowest BCUT2D eigenvalue weighted by atomic mass is 9.81. The van der Waals surface area contributed by atoms with E-state index in [-0.39, 0.29) is 12.1 Å². The molecular weight excluding hydrogens is 214 g/mol. The van der Waals surface area contributed by atoms with Crippen LogP contribution in [0.4, 0.5) is 0 Å². The highest BCUT2D eigenvalue weighted by Crippen LogP contribution is 2.29. The second-order valence-corrected chi connectivity index (χ2v) is 6.07. The Morgan fingerprint density at radius 3 is 2.71 bits per heavy atom. The maximum Gasteiger partial charge on any atom is 0.0615 e. The van der Waals surface area contributed by atoms with Crippen molar-refractivity contribution in [3.63, 3.8) is 0 Å². The molecule has 2 N–H and O–H groups in total. The van der Waals surface area contributed by atoms with Crippen molar-refractivity contribution in [2.24, 2.45) is 11.8 Å². The molecule has 100 valence electrons. The van der Waals surface area contributed by atoms with Gasteiger partial charge in [0, 0.05) is 18.8 Å². The first-order chi connectivity index (χ1) is 8.24. The molecule has 2 aliphatic rings. The van der Waals surface area contributed by atoms with E-state index >= 15 is 0 Å². The molecule has 1 aliphatic carbocycles. The van der Waals surface area contributed by atoms with Crippen LogP contribution in [0, 0.1) is 11.8 Å². The third kappa shape index (κ3) is 3.67. The zero-order chi connectivity index (χ0) is 12.1. The van der Waals surface area contributed by atoms with Gasteiger partial charge in [0.2, 0.25) is 0 Å². The van der Waals surface area contributed by atoms with E-state index in [1.54, 1.807) is 0 Å². The van der Waals surface area contributed by atoms with Crippen molar-refractivity contribution < 1.29 is 9.84 Å². The summed E-state index contributed by atoms with van der Waals surface area (Å²) in [5.41, 5.74) is -0.0566. The number of ether oxygens (including phenoxy) is 1. The quantitative estimate of drug-likeness (QED) is 0.790. The van der Waals surface area contributed by atoms with Gasteiger partial charge in [0.15, 0.2) is 0 Å². The van der Waals surface area contributed by atoms with Crippen LogP contribution in [0.15, 0.2) is 0 Å². The Balaban J connectivity index is 1.78. The van der Waals surface area contributed by atoms with Crippen LogP contribution in [0.3, 0.4) is 0 Å². The van der Waals surface area contributed by atoms with Crippen LogP contribution in [-0.2, 0) is 4.74 Å². The maximum atomic E-state index is 9.60. The molecule has 0 aromatic carbocycles. The molecule has 0 aromatic rings. The lowest BCUT2D eigenvalue weighted by Crippen LogP contribution is -2.53. The highest BCUT2D eigenvalue weighted by Gasteiger charge is 2.32. The number of aliphatic hydroxyl groups excluding tert-OH is 1. The molecule has 1 aliphatic heterocycles. The predicted octanol–water partition coefficient (Wildman–Crippen LogP) is 1.94. The second kappa shape index (κ2) is 6.17. The van der Waals surface area contributed by atoms with Crippen molar-refractivity contribution in [3.8, 4) is 0 Å². The normalized spacial score (nSPS) is 33.5. The van der Waals surface area contributed by atoms with E-state index in [0.717, 1.165) is 44.4 Å². The van der Waals surface area contributed by atoms with Crippen LogP contribution >= 0.6 is 0 Å². The van der Waals surface area contributed by atoms with Crippen molar-refractivity contribution in [1.82, 2.24) is 5.32 Å². The fourth-order valence-corrected chi connectivity index (χ4v) is 3.26. The van der Waals surface area contributed by atoms with Crippen LogP contribution in [0.25, 0.3) is 0 Å². The third-order valence-corrected chi connectivity index (χ3v) is 4.56. The molecule has 2 fully saturated rings. The van der Waals surface area contributed by atoms with Gasteiger partial charge >= 0.3 is 0 Å². The predicted molar refractivity (Wildman–Crippen MR) is 69.0 cm³/mol. The van der Waals surface area contributed by atoms with Crippen molar-refractivity contribution in [1.29, 1.82) is 0 Å². The largest absolute Gasteiger partial charge is 0.394 e. The summed E-state index contributed by atoms with van der Waals surface area (Å²) in [6, 6.07) is 0. The number of nitrogens with one attached hydrogen (secondary N) is 1. The van der Waals surface area contributed by atoms with E-state index in [2.05, 4.69) is 12.2 Å². The van der Waals surface area contributed by atoms with Crippen LogP contribution < -0.4 is 5.32 Å². The van der Waals surface area contributed by atoms with Crippen molar-refractivity contribution >= 4 is 0 Å². The Kier molecular flexibility index (Phi) is 4.83. The van der Waals surface area contributed by atoms with Gasteiger partial charge in [-0.2, -0.15) is 0 Å². The number of aliphatic hydroxyl groups is 1. The van der Waals surface area contributed by atoms with E-state index < -0.39 is 0 Å². The molecule has 2 unspecified atom stereocenters. The average molecular weight is 241 g/mol. The summed E-state index contributed by atoms with van der Waals surface area (Å²) in [4.78, 5) is 0. The minimum atomic E-state index is -0.0566. The van der Waals surface area contributed by atoms with Gasteiger partial charge in [0.1, 0.15) is 0 Å². The molecule has 3 nitrogen and oxygen atoms in total. The molecule has 0 bridgehead atoms. The molecule has 2 rings (SSSR count). The van der Waals surface area contributed by atoms with Crippen molar-refractivity contribution in [2.45, 2.75) is 51.0 Å². The molecule has 1 saturated carbocycles. The first-order valence-electron chi connectivity index (χ1n) is 7.18. The first kappa shape index (κ1) is 13.3. The van der Waals surface area contributed by atoms with Gasteiger partial charge in [-0.25, -0.2) is 0 Å². The van der Waals surface area contributed by atoms with Gasteiger partial charge in [-0.3, -0.25) is 0 Å². The topological polar surface area (TPSA) is 41.5 Å². The Morgan fingerprint density at radius 2 is 2.06 bits per heavy atom. The summed E-state index contributed by atoms with van der Waals surface area (Å²) in [6.45, 7) is 5.26. The minimum Gasteiger partial charge on any atom is -0.394 e. The smallest absolute Gasteiger partial charge is 0.0615 e. The van der Waals surface area contributed by atoms with E-state index in [1.807, 2.05) is 0 Å². The van der Waals surface area contributed by atoms with Gasteiger partial charge in [0.25, 0.3) is 0 Å². The zero-order valence-electron chi connectivity index (χ0n) is 11.1. The van der Waals surface area contributed by atoms with E-state index in [0.29, 0.717) is 0 Å². The molecular formula is C14H27NO2. The fraction of sp³-hybridized carbons (Fsp3) is 1.00. The number of hydrogen-bond acceptors (Lipinski definition) is 3. The summed E-state index contributed by atoms with van der Waals surface area (Å²) < 4.78 is 5.38. The molecule has 0 radical (unpaired) electrons. The van der Waals surface area contributed by atoms with Gasteiger partial charge < -0.3 is 15.2 Å². The SMILES string of the molecule is CC1CCCC(CNC2(CO)CCOCC2)C1. The monoisotopic (exact) mass is 241 g/mol. The molecule has 0 amide bonds. The van der Waals surface area contributed by atoms with Crippen molar-refractivity contribution in [3.05, 3.63) is 0 Å². The van der Waals surface area contributed by atoms with Gasteiger partial charge in [0.05, 0.1) is 6.61 Å². The van der Waals surface area contributed by atoms with Crippen LogP contribution in [-0.4, -0.2) is 37.0 Å². The van der Waals surface area contributed by atoms with E-state index in [4.69, 9.17) is 4.74 Å². The number of hydrogen-bond donors (Lipinski definition) is 2. The Bertz CT molecular complexity index is 226. The zero-order valence-corrected chi connectivity index (χ0v) is 11.1. The van der Waals surface area contributed by atoms with Crippen LogP contribution in [0.2, 0.25) is 0 Å². The van der Waals surface area contributed by atoms with E-state index in [9.17, 15) is 5.11 Å². The second-order valence-electron chi connectivity index (χ2n) is 6.07. The summed E-state index contributed by atoms with van der Waals surface area (Å²) in [7, 11) is 0. The van der Waals surface area contributed by atoms with E-state index in [1.165, 1.54) is 25.7 Å². The molecule has 1 saturated heterocycles. The van der Waals surface area contributed by atoms with Crippen LogP contribution in [0.5, 0.6) is 0 Å². The molecule has 1 heterocycles. The fourth-order valence-electron chi connectivity index (χ4n) is 3.26. The highest BCUT2D eigenvalue weighted by atomic mass is 16.5. The summed E-state index contributed by atoms with van der Waals surface area (Å²) in [5.74, 6) is 1.69. The van der Waals surface area contributed by atoms with Crippen LogP contribution in [0.1, 0.15) is 45.4 Å². The average Bonchev–Trinajstić information content (AvgIpc) is 2.38. The Morgan fingerprint density at radius 1 is 1.29 bits per heavy atom. The first-order valence-corrected chi connectivity index (χ1v) is 7.18. The molecule has 2 atom stereocenters. The van der Waals surface area contributed by atoms with Gasteiger partial charge in [-0.05, 0) is 44.1 Å². The maximum absolute atomic E-state index is 9.60. The minimum absolute atomic E-state index is 0.0566. The lowest BCUT2D eigenvalue weighted by molar-refractivity contribution is 0.00921. The summed E-state index contributed by atoms with van der Waals surface area (Å²) in [6.07, 6.45) is 7.39. The summed E-state index contributed by atoms with van der Waals surface area (Å²) in [5, 5.41) is 13.2. The number of rotatable bonds is 4. The molecule has 3 heteroatoms.